The topological polar surface area (TPSA) is 36.3 Å². The zero-order valence-electron chi connectivity index (χ0n) is 19.3. The van der Waals surface area contributed by atoms with Crippen molar-refractivity contribution in [2.24, 2.45) is 0 Å². The zero-order valence-corrected chi connectivity index (χ0v) is 19.3. The predicted molar refractivity (Wildman–Crippen MR) is 131 cm³/mol. The van der Waals surface area contributed by atoms with Crippen molar-refractivity contribution in [3.63, 3.8) is 0 Å². The van der Waals surface area contributed by atoms with Crippen molar-refractivity contribution < 1.29 is 9.47 Å². The zero-order chi connectivity index (χ0) is 22.3. The molecule has 4 nitrogen and oxygen atoms in total. The van der Waals surface area contributed by atoms with E-state index in [1.165, 1.54) is 16.6 Å². The van der Waals surface area contributed by atoms with Gasteiger partial charge in [0.25, 0.3) is 0 Å². The van der Waals surface area contributed by atoms with Gasteiger partial charge in [0.15, 0.2) is 0 Å². The van der Waals surface area contributed by atoms with Crippen LogP contribution in [0, 0.1) is 0 Å². The van der Waals surface area contributed by atoms with E-state index in [0.29, 0.717) is 5.92 Å². The molecular formula is C28H32N2O2. The lowest BCUT2D eigenvalue weighted by atomic mass is 10.0. The monoisotopic (exact) mass is 428 g/mol. The van der Waals surface area contributed by atoms with Gasteiger partial charge in [-0.15, -0.1) is 0 Å². The number of aryl methyl sites for hydroxylation is 1. The van der Waals surface area contributed by atoms with Crippen molar-refractivity contribution in [2.45, 2.75) is 45.6 Å². The van der Waals surface area contributed by atoms with Crippen molar-refractivity contribution in [1.82, 2.24) is 9.55 Å². The number of aromatic nitrogens is 2. The Kier molecular flexibility index (Phi) is 7.10. The van der Waals surface area contributed by atoms with Crippen molar-refractivity contribution in [3.8, 4) is 11.5 Å². The number of ether oxygens (including phenoxy) is 2. The fraction of sp³-hybridized carbons (Fsp3) is 0.321. The van der Waals surface area contributed by atoms with E-state index >= 15 is 0 Å². The highest BCUT2D eigenvalue weighted by Gasteiger charge is 2.11. The Morgan fingerprint density at radius 2 is 1.56 bits per heavy atom. The minimum Gasteiger partial charge on any atom is -0.497 e. The molecule has 0 radical (unpaired) electrons. The number of nitrogens with zero attached hydrogens (tertiary/aromatic N) is 2. The number of fused-ring (bicyclic) bond motifs is 1. The minimum absolute atomic E-state index is 0.543. The maximum absolute atomic E-state index is 5.96. The number of hydrogen-bond donors (Lipinski definition) is 0. The van der Waals surface area contributed by atoms with E-state index in [0.717, 1.165) is 55.3 Å². The molecule has 0 fully saturated rings. The Morgan fingerprint density at radius 3 is 2.28 bits per heavy atom. The Labute approximate surface area is 190 Å². The van der Waals surface area contributed by atoms with Crippen LogP contribution >= 0.6 is 0 Å². The summed E-state index contributed by atoms with van der Waals surface area (Å²) in [7, 11) is 1.69. The second kappa shape index (κ2) is 10.4. The second-order valence-corrected chi connectivity index (χ2v) is 8.47. The molecule has 0 spiro atoms. The van der Waals surface area contributed by atoms with Crippen molar-refractivity contribution >= 4 is 11.0 Å². The van der Waals surface area contributed by atoms with Gasteiger partial charge in [0.1, 0.15) is 17.3 Å². The summed E-state index contributed by atoms with van der Waals surface area (Å²) in [5.41, 5.74) is 4.82. The quantitative estimate of drug-likeness (QED) is 0.266. The summed E-state index contributed by atoms with van der Waals surface area (Å²) in [6.45, 7) is 6.07. The molecule has 0 aliphatic rings. The number of hydrogen-bond acceptors (Lipinski definition) is 3. The van der Waals surface area contributed by atoms with Gasteiger partial charge >= 0.3 is 0 Å². The van der Waals surface area contributed by atoms with Crippen LogP contribution in [-0.4, -0.2) is 23.3 Å². The molecule has 0 aliphatic heterocycles. The first-order chi connectivity index (χ1) is 15.6. The molecule has 4 aromatic rings. The summed E-state index contributed by atoms with van der Waals surface area (Å²) in [6, 6.07) is 25.1. The van der Waals surface area contributed by atoms with Crippen LogP contribution in [0.4, 0.5) is 0 Å². The third-order valence-electron chi connectivity index (χ3n) is 5.85. The summed E-state index contributed by atoms with van der Waals surface area (Å²) in [5.74, 6) is 3.46. The maximum Gasteiger partial charge on any atom is 0.119 e. The second-order valence-electron chi connectivity index (χ2n) is 8.47. The first kappa shape index (κ1) is 21.9. The first-order valence-corrected chi connectivity index (χ1v) is 11.4. The van der Waals surface area contributed by atoms with E-state index in [4.69, 9.17) is 14.5 Å². The van der Waals surface area contributed by atoms with Crippen LogP contribution in [0.2, 0.25) is 0 Å². The number of imidazole rings is 1. The van der Waals surface area contributed by atoms with E-state index in [1.54, 1.807) is 7.11 Å². The van der Waals surface area contributed by atoms with Gasteiger partial charge in [0.05, 0.1) is 24.8 Å². The molecule has 0 aliphatic carbocycles. The molecule has 1 heterocycles. The van der Waals surface area contributed by atoms with E-state index in [1.807, 2.05) is 12.1 Å². The lowest BCUT2D eigenvalue weighted by molar-refractivity contribution is 0.303. The maximum atomic E-state index is 5.96. The van der Waals surface area contributed by atoms with E-state index < -0.39 is 0 Å². The smallest absolute Gasteiger partial charge is 0.119 e. The summed E-state index contributed by atoms with van der Waals surface area (Å²) in [6.07, 6.45) is 2.85. The SMILES string of the molecule is COc1ccc(Cc2nc3ccccc3n2CCCCOc2ccc(C(C)C)cc2)cc1. The van der Waals surface area contributed by atoms with Gasteiger partial charge < -0.3 is 14.0 Å². The van der Waals surface area contributed by atoms with Gasteiger partial charge in [-0.05, 0) is 66.3 Å². The molecule has 0 atom stereocenters. The standard InChI is InChI=1S/C28H32N2O2/c1-21(2)23-12-16-25(17-13-23)32-19-7-6-18-30-27-9-5-4-8-26(27)29-28(30)20-22-10-14-24(31-3)15-11-22/h4-5,8-17,21H,6-7,18-20H2,1-3H3. The highest BCUT2D eigenvalue weighted by Crippen LogP contribution is 2.22. The number of benzene rings is 3. The van der Waals surface area contributed by atoms with Crippen LogP contribution in [0.1, 0.15) is 49.6 Å². The minimum atomic E-state index is 0.543. The summed E-state index contributed by atoms with van der Waals surface area (Å²) < 4.78 is 13.6. The van der Waals surface area contributed by atoms with Crippen LogP contribution in [0.25, 0.3) is 11.0 Å². The number of para-hydroxylation sites is 2. The van der Waals surface area contributed by atoms with Gasteiger partial charge in [0, 0.05) is 13.0 Å². The lowest BCUT2D eigenvalue weighted by Crippen LogP contribution is -2.07. The van der Waals surface area contributed by atoms with Crippen LogP contribution in [0.15, 0.2) is 72.8 Å². The average molecular weight is 429 g/mol. The number of methoxy groups -OCH3 is 1. The number of rotatable bonds is 10. The molecule has 0 saturated carbocycles. The van der Waals surface area contributed by atoms with E-state index in [9.17, 15) is 0 Å². The molecule has 0 bridgehead atoms. The lowest BCUT2D eigenvalue weighted by Gasteiger charge is -2.11. The third kappa shape index (κ3) is 5.31. The van der Waals surface area contributed by atoms with E-state index in [-0.39, 0.29) is 0 Å². The predicted octanol–water partition coefficient (Wildman–Crippen LogP) is 6.62. The molecule has 166 valence electrons. The Morgan fingerprint density at radius 1 is 0.844 bits per heavy atom. The van der Waals surface area contributed by atoms with Gasteiger partial charge in [0.2, 0.25) is 0 Å². The van der Waals surface area contributed by atoms with Gasteiger partial charge in [-0.2, -0.15) is 0 Å². The molecule has 0 saturated heterocycles. The van der Waals surface area contributed by atoms with E-state index in [2.05, 4.69) is 79.1 Å². The fourth-order valence-corrected chi connectivity index (χ4v) is 3.95. The van der Waals surface area contributed by atoms with Crippen molar-refractivity contribution in [2.75, 3.05) is 13.7 Å². The number of unbranched alkanes of at least 4 members (excludes halogenated alkanes) is 1. The summed E-state index contributed by atoms with van der Waals surface area (Å²) in [5, 5.41) is 0. The molecule has 4 rings (SSSR count). The van der Waals surface area contributed by atoms with Crippen LogP contribution < -0.4 is 9.47 Å². The molecule has 0 N–H and O–H groups in total. The molecule has 0 unspecified atom stereocenters. The van der Waals surface area contributed by atoms with Gasteiger partial charge in [-0.1, -0.05) is 50.2 Å². The molecule has 1 aromatic heterocycles. The highest BCUT2D eigenvalue weighted by atomic mass is 16.5. The highest BCUT2D eigenvalue weighted by molar-refractivity contribution is 5.76. The molecule has 4 heteroatoms. The van der Waals surface area contributed by atoms with Gasteiger partial charge in [-0.3, -0.25) is 0 Å². The molecule has 3 aromatic carbocycles. The van der Waals surface area contributed by atoms with Crippen LogP contribution in [0.3, 0.4) is 0 Å². The fourth-order valence-electron chi connectivity index (χ4n) is 3.95. The summed E-state index contributed by atoms with van der Waals surface area (Å²) in [4.78, 5) is 4.92. The molecule has 32 heavy (non-hydrogen) atoms. The Hall–Kier alpha value is -3.27. The molecule has 0 amide bonds. The molecular weight excluding hydrogens is 396 g/mol. The van der Waals surface area contributed by atoms with Crippen LogP contribution in [-0.2, 0) is 13.0 Å². The first-order valence-electron chi connectivity index (χ1n) is 11.4. The van der Waals surface area contributed by atoms with Crippen molar-refractivity contribution in [3.05, 3.63) is 89.7 Å². The summed E-state index contributed by atoms with van der Waals surface area (Å²) >= 11 is 0. The Balaban J connectivity index is 1.37. The Bertz CT molecular complexity index is 1130. The average Bonchev–Trinajstić information content (AvgIpc) is 3.16. The largest absolute Gasteiger partial charge is 0.497 e. The van der Waals surface area contributed by atoms with Crippen molar-refractivity contribution in [1.29, 1.82) is 0 Å². The normalized spacial score (nSPS) is 11.2. The van der Waals surface area contributed by atoms with Crippen LogP contribution in [0.5, 0.6) is 11.5 Å². The third-order valence-corrected chi connectivity index (χ3v) is 5.85. The van der Waals surface area contributed by atoms with Gasteiger partial charge in [-0.25, -0.2) is 4.98 Å².